The fourth-order valence-electron chi connectivity index (χ4n) is 1.42. The topological polar surface area (TPSA) is 19.4 Å². The highest BCUT2D eigenvalue weighted by Gasteiger charge is 2.15. The van der Waals surface area contributed by atoms with E-state index in [-0.39, 0.29) is 0 Å². The van der Waals surface area contributed by atoms with Crippen LogP contribution in [-0.2, 0) is 0 Å². The SMILES string of the molecule is CN1CCN(c2cnc(Br)s2)CC1. The number of hydrogen-bond donors (Lipinski definition) is 0. The van der Waals surface area contributed by atoms with Crippen LogP contribution in [0.15, 0.2) is 10.1 Å². The molecule has 3 nitrogen and oxygen atoms in total. The average Bonchev–Trinajstić information content (AvgIpc) is 2.53. The summed E-state index contributed by atoms with van der Waals surface area (Å²) < 4.78 is 0.974. The van der Waals surface area contributed by atoms with Gasteiger partial charge in [0, 0.05) is 26.2 Å². The zero-order chi connectivity index (χ0) is 9.26. The summed E-state index contributed by atoms with van der Waals surface area (Å²) in [5.74, 6) is 0. The van der Waals surface area contributed by atoms with Crippen molar-refractivity contribution in [3.63, 3.8) is 0 Å². The van der Waals surface area contributed by atoms with Crippen LogP contribution in [-0.4, -0.2) is 43.1 Å². The van der Waals surface area contributed by atoms with E-state index in [0.717, 1.165) is 30.1 Å². The fraction of sp³-hybridized carbons (Fsp3) is 0.625. The lowest BCUT2D eigenvalue weighted by Gasteiger charge is -2.32. The molecule has 2 rings (SSSR count). The molecule has 72 valence electrons. The lowest BCUT2D eigenvalue weighted by Crippen LogP contribution is -2.44. The van der Waals surface area contributed by atoms with Crippen molar-refractivity contribution in [2.24, 2.45) is 0 Å². The lowest BCUT2D eigenvalue weighted by atomic mass is 10.3. The van der Waals surface area contributed by atoms with E-state index < -0.39 is 0 Å². The first-order valence-electron chi connectivity index (χ1n) is 4.30. The minimum Gasteiger partial charge on any atom is -0.360 e. The zero-order valence-electron chi connectivity index (χ0n) is 7.53. The first kappa shape index (κ1) is 9.43. The Balaban J connectivity index is 2.02. The molecule has 0 amide bonds. The van der Waals surface area contributed by atoms with Crippen molar-refractivity contribution in [2.45, 2.75) is 0 Å². The maximum atomic E-state index is 4.19. The molecule has 0 aromatic carbocycles. The number of likely N-dealkylation sites (N-methyl/N-ethyl adjacent to an activating group) is 1. The van der Waals surface area contributed by atoms with E-state index in [0.29, 0.717) is 0 Å². The van der Waals surface area contributed by atoms with E-state index in [2.05, 4.69) is 37.8 Å². The lowest BCUT2D eigenvalue weighted by molar-refractivity contribution is 0.313. The molecule has 5 heteroatoms. The first-order chi connectivity index (χ1) is 6.25. The number of anilines is 1. The van der Waals surface area contributed by atoms with E-state index in [1.165, 1.54) is 5.00 Å². The Morgan fingerprint density at radius 3 is 2.62 bits per heavy atom. The van der Waals surface area contributed by atoms with Crippen LogP contribution >= 0.6 is 27.3 Å². The molecular formula is C8H12BrN3S. The third kappa shape index (κ3) is 2.21. The quantitative estimate of drug-likeness (QED) is 0.767. The summed E-state index contributed by atoms with van der Waals surface area (Å²) in [5, 5.41) is 1.28. The highest BCUT2D eigenvalue weighted by Crippen LogP contribution is 2.27. The molecule has 0 atom stereocenters. The minimum absolute atomic E-state index is 0.974. The average molecular weight is 262 g/mol. The van der Waals surface area contributed by atoms with Crippen molar-refractivity contribution >= 4 is 32.3 Å². The molecule has 2 heterocycles. The molecular weight excluding hydrogens is 250 g/mol. The standard InChI is InChI=1S/C8H12BrN3S/c1-11-2-4-12(5-3-11)7-6-10-8(9)13-7/h6H,2-5H2,1H3. The van der Waals surface area contributed by atoms with Crippen LogP contribution in [0.5, 0.6) is 0 Å². The smallest absolute Gasteiger partial charge is 0.161 e. The van der Waals surface area contributed by atoms with Gasteiger partial charge >= 0.3 is 0 Å². The summed E-state index contributed by atoms with van der Waals surface area (Å²) in [5.41, 5.74) is 0. The van der Waals surface area contributed by atoms with Gasteiger partial charge in [0.2, 0.25) is 0 Å². The third-order valence-electron chi connectivity index (χ3n) is 2.28. The van der Waals surface area contributed by atoms with Crippen LogP contribution in [0.4, 0.5) is 5.00 Å². The molecule has 0 radical (unpaired) electrons. The minimum atomic E-state index is 0.974. The Morgan fingerprint density at radius 2 is 2.08 bits per heavy atom. The Morgan fingerprint density at radius 1 is 1.38 bits per heavy atom. The Bertz CT molecular complexity index is 281. The summed E-state index contributed by atoms with van der Waals surface area (Å²) in [6.07, 6.45) is 1.94. The van der Waals surface area contributed by atoms with Crippen molar-refractivity contribution in [1.29, 1.82) is 0 Å². The molecule has 0 bridgehead atoms. The number of nitrogens with zero attached hydrogens (tertiary/aromatic N) is 3. The van der Waals surface area contributed by atoms with Gasteiger partial charge in [-0.05, 0) is 23.0 Å². The van der Waals surface area contributed by atoms with Crippen LogP contribution in [0.1, 0.15) is 0 Å². The second kappa shape index (κ2) is 3.94. The summed E-state index contributed by atoms with van der Waals surface area (Å²) >= 11 is 5.09. The van der Waals surface area contributed by atoms with Gasteiger partial charge in [-0.1, -0.05) is 11.3 Å². The highest BCUT2D eigenvalue weighted by atomic mass is 79.9. The predicted octanol–water partition coefficient (Wildman–Crippen LogP) is 1.66. The number of aromatic nitrogens is 1. The van der Waals surface area contributed by atoms with Gasteiger partial charge in [0.05, 0.1) is 6.20 Å². The first-order valence-corrected chi connectivity index (χ1v) is 5.91. The van der Waals surface area contributed by atoms with E-state index in [9.17, 15) is 0 Å². The molecule has 1 saturated heterocycles. The second-order valence-electron chi connectivity index (χ2n) is 3.24. The fourth-order valence-corrected chi connectivity index (χ4v) is 2.71. The van der Waals surface area contributed by atoms with Gasteiger partial charge in [-0.25, -0.2) is 4.98 Å². The Hall–Kier alpha value is -0.130. The van der Waals surface area contributed by atoms with E-state index in [1.54, 1.807) is 11.3 Å². The molecule has 0 aliphatic carbocycles. The molecule has 1 fully saturated rings. The number of thiazole rings is 1. The van der Waals surface area contributed by atoms with Crippen molar-refractivity contribution in [3.05, 3.63) is 10.1 Å². The molecule has 1 aliphatic rings. The van der Waals surface area contributed by atoms with Crippen molar-refractivity contribution in [3.8, 4) is 0 Å². The summed E-state index contributed by atoms with van der Waals surface area (Å²) in [7, 11) is 2.17. The molecule has 1 aliphatic heterocycles. The van der Waals surface area contributed by atoms with Crippen LogP contribution in [0.2, 0.25) is 0 Å². The van der Waals surface area contributed by atoms with Gasteiger partial charge in [-0.15, -0.1) is 0 Å². The maximum absolute atomic E-state index is 4.19. The van der Waals surface area contributed by atoms with Crippen molar-refractivity contribution < 1.29 is 0 Å². The predicted molar refractivity (Wildman–Crippen MR) is 59.5 cm³/mol. The summed E-state index contributed by atoms with van der Waals surface area (Å²) in [6, 6.07) is 0. The molecule has 0 unspecified atom stereocenters. The van der Waals surface area contributed by atoms with Gasteiger partial charge < -0.3 is 9.80 Å². The number of hydrogen-bond acceptors (Lipinski definition) is 4. The normalized spacial score (nSPS) is 19.4. The molecule has 13 heavy (non-hydrogen) atoms. The van der Waals surface area contributed by atoms with Gasteiger partial charge in [0.25, 0.3) is 0 Å². The van der Waals surface area contributed by atoms with Gasteiger partial charge in [-0.2, -0.15) is 0 Å². The van der Waals surface area contributed by atoms with E-state index in [4.69, 9.17) is 0 Å². The van der Waals surface area contributed by atoms with Crippen LogP contribution in [0.25, 0.3) is 0 Å². The van der Waals surface area contributed by atoms with Crippen molar-refractivity contribution in [2.75, 3.05) is 38.1 Å². The van der Waals surface area contributed by atoms with Crippen LogP contribution in [0.3, 0.4) is 0 Å². The second-order valence-corrected chi connectivity index (χ2v) is 5.53. The Kier molecular flexibility index (Phi) is 2.86. The van der Waals surface area contributed by atoms with E-state index >= 15 is 0 Å². The van der Waals surface area contributed by atoms with Crippen molar-refractivity contribution in [1.82, 2.24) is 9.88 Å². The zero-order valence-corrected chi connectivity index (χ0v) is 9.94. The molecule has 1 aromatic rings. The van der Waals surface area contributed by atoms with Gasteiger partial charge in [-0.3, -0.25) is 0 Å². The summed E-state index contributed by atoms with van der Waals surface area (Å²) in [6.45, 7) is 4.53. The molecule has 0 saturated carbocycles. The van der Waals surface area contributed by atoms with Gasteiger partial charge in [0.1, 0.15) is 5.00 Å². The monoisotopic (exact) mass is 261 g/mol. The summed E-state index contributed by atoms with van der Waals surface area (Å²) in [4.78, 5) is 8.94. The molecule has 0 N–H and O–H groups in total. The van der Waals surface area contributed by atoms with Crippen LogP contribution in [0, 0.1) is 0 Å². The Labute approximate surface area is 90.5 Å². The number of piperazine rings is 1. The van der Waals surface area contributed by atoms with E-state index in [1.807, 2.05) is 6.20 Å². The highest BCUT2D eigenvalue weighted by molar-refractivity contribution is 9.11. The number of rotatable bonds is 1. The van der Waals surface area contributed by atoms with Crippen LogP contribution < -0.4 is 4.90 Å². The maximum Gasteiger partial charge on any atom is 0.161 e. The number of halogens is 1. The largest absolute Gasteiger partial charge is 0.360 e. The van der Waals surface area contributed by atoms with Gasteiger partial charge in [0.15, 0.2) is 3.92 Å². The third-order valence-corrected chi connectivity index (χ3v) is 3.82. The molecule has 0 spiro atoms. The molecule has 1 aromatic heterocycles.